The Kier molecular flexibility index (Phi) is 7.17. The molecule has 2 atom stereocenters. The largest absolute Gasteiger partial charge is 0.371 e. The molecule has 166 valence electrons. The summed E-state index contributed by atoms with van der Waals surface area (Å²) in [5, 5.41) is 0. The van der Waals surface area contributed by atoms with Gasteiger partial charge in [0.1, 0.15) is 0 Å². The number of amides is 1. The molecule has 1 amide bonds. The zero-order chi connectivity index (χ0) is 21.1. The lowest BCUT2D eigenvalue weighted by Gasteiger charge is -2.40. The van der Waals surface area contributed by atoms with E-state index in [1.54, 1.807) is 0 Å². The molecule has 6 nitrogen and oxygen atoms in total. The van der Waals surface area contributed by atoms with E-state index in [2.05, 4.69) is 33.0 Å². The summed E-state index contributed by atoms with van der Waals surface area (Å²) in [6.07, 6.45) is 5.96. The summed E-state index contributed by atoms with van der Waals surface area (Å²) in [5.41, 5.74) is 1.10. The Morgan fingerprint density at radius 3 is 2.67 bits per heavy atom. The fourth-order valence-corrected chi connectivity index (χ4v) is 7.22. The second-order valence-electron chi connectivity index (χ2n) is 8.80. The predicted molar refractivity (Wildman–Crippen MR) is 120 cm³/mol. The highest BCUT2D eigenvalue weighted by molar-refractivity contribution is 9.10. The number of ether oxygens (including phenoxy) is 1. The topological polar surface area (TPSA) is 66.9 Å². The third kappa shape index (κ3) is 5.44. The zero-order valence-electron chi connectivity index (χ0n) is 17.3. The average molecular weight is 499 g/mol. The number of benzene rings is 1. The molecule has 8 heteroatoms. The molecule has 3 fully saturated rings. The lowest BCUT2D eigenvalue weighted by molar-refractivity contribution is -0.139. The maximum absolute atomic E-state index is 13.4. The van der Waals surface area contributed by atoms with Crippen molar-refractivity contribution in [2.24, 2.45) is 0 Å². The van der Waals surface area contributed by atoms with Crippen LogP contribution in [0.4, 0.5) is 0 Å². The molecule has 0 radical (unpaired) electrons. The summed E-state index contributed by atoms with van der Waals surface area (Å²) in [4.78, 5) is 17.6. The van der Waals surface area contributed by atoms with Crippen LogP contribution < -0.4 is 0 Å². The Labute approximate surface area is 188 Å². The van der Waals surface area contributed by atoms with Gasteiger partial charge in [0.15, 0.2) is 9.84 Å². The zero-order valence-corrected chi connectivity index (χ0v) is 19.7. The second-order valence-corrected chi connectivity index (χ2v) is 11.9. The lowest BCUT2D eigenvalue weighted by atomic mass is 9.92. The van der Waals surface area contributed by atoms with Crippen LogP contribution in [0.5, 0.6) is 0 Å². The summed E-state index contributed by atoms with van der Waals surface area (Å²) in [7, 11) is -3.03. The van der Waals surface area contributed by atoms with Gasteiger partial charge < -0.3 is 9.64 Å². The summed E-state index contributed by atoms with van der Waals surface area (Å²) in [6, 6.07) is 8.13. The first-order valence-corrected chi connectivity index (χ1v) is 13.6. The first-order valence-electron chi connectivity index (χ1n) is 11.0. The molecule has 0 bridgehead atoms. The van der Waals surface area contributed by atoms with E-state index >= 15 is 0 Å². The molecule has 0 aromatic heterocycles. The Bertz CT molecular complexity index is 856. The fraction of sp³-hybridized carbons (Fsp3) is 0.682. The van der Waals surface area contributed by atoms with Crippen molar-refractivity contribution in [3.63, 3.8) is 0 Å². The first kappa shape index (κ1) is 22.2. The minimum Gasteiger partial charge on any atom is -0.371 e. The predicted octanol–water partition coefficient (Wildman–Crippen LogP) is 3.17. The van der Waals surface area contributed by atoms with Gasteiger partial charge in [-0.25, -0.2) is 8.42 Å². The Morgan fingerprint density at radius 1 is 1.17 bits per heavy atom. The highest BCUT2D eigenvalue weighted by Gasteiger charge is 2.39. The van der Waals surface area contributed by atoms with Gasteiger partial charge in [0.2, 0.25) is 5.91 Å². The van der Waals surface area contributed by atoms with Gasteiger partial charge in [-0.1, -0.05) is 47.3 Å². The third-order valence-electron chi connectivity index (χ3n) is 6.59. The van der Waals surface area contributed by atoms with Gasteiger partial charge in [0.25, 0.3) is 0 Å². The van der Waals surface area contributed by atoms with Gasteiger partial charge in [-0.05, 0) is 37.0 Å². The molecular weight excluding hydrogens is 468 g/mol. The molecule has 4 rings (SSSR count). The van der Waals surface area contributed by atoms with Crippen LogP contribution in [0.25, 0.3) is 0 Å². The van der Waals surface area contributed by atoms with Crippen LogP contribution in [-0.2, 0) is 19.4 Å². The van der Waals surface area contributed by atoms with Crippen molar-refractivity contribution in [3.8, 4) is 0 Å². The number of hydrogen-bond donors (Lipinski definition) is 0. The number of carbonyl (C=O) groups excluding carboxylic acids is 1. The number of sulfone groups is 1. The summed E-state index contributed by atoms with van der Waals surface area (Å²) >= 11 is 3.52. The van der Waals surface area contributed by atoms with E-state index in [4.69, 9.17) is 4.74 Å². The fourth-order valence-electron chi connectivity index (χ4n) is 5.09. The molecule has 3 aliphatic rings. The second kappa shape index (κ2) is 9.67. The number of morpholine rings is 1. The van der Waals surface area contributed by atoms with Crippen LogP contribution in [0.1, 0.15) is 50.2 Å². The molecule has 1 aromatic rings. The van der Waals surface area contributed by atoms with Gasteiger partial charge in [0.05, 0.1) is 30.8 Å². The maximum atomic E-state index is 13.4. The van der Waals surface area contributed by atoms with Crippen molar-refractivity contribution < 1.29 is 17.9 Å². The number of rotatable bonds is 5. The maximum Gasteiger partial charge on any atom is 0.237 e. The highest BCUT2D eigenvalue weighted by atomic mass is 79.9. The van der Waals surface area contributed by atoms with E-state index in [0.29, 0.717) is 26.1 Å². The average Bonchev–Trinajstić information content (AvgIpc) is 3.08. The number of halogens is 1. The molecule has 0 N–H and O–H groups in total. The van der Waals surface area contributed by atoms with Gasteiger partial charge >= 0.3 is 0 Å². The summed E-state index contributed by atoms with van der Waals surface area (Å²) in [5.74, 6) is 0.411. The molecule has 1 aromatic carbocycles. The molecule has 1 saturated carbocycles. The van der Waals surface area contributed by atoms with Crippen LogP contribution >= 0.6 is 15.9 Å². The standard InChI is InChI=1S/C22H31BrN2O4S/c23-18-6-4-5-17(13-18)21-14-24(10-11-29-21)15-22(26)25(19-7-2-1-3-8-19)20-9-12-30(27,28)16-20/h4-6,13,19-21H,1-3,7-12,14-16H2. The third-order valence-corrected chi connectivity index (χ3v) is 8.83. The smallest absolute Gasteiger partial charge is 0.237 e. The number of nitrogens with zero attached hydrogens (tertiary/aromatic N) is 2. The van der Waals surface area contributed by atoms with E-state index < -0.39 is 9.84 Å². The number of hydrogen-bond acceptors (Lipinski definition) is 5. The summed E-state index contributed by atoms with van der Waals surface area (Å²) < 4.78 is 31.2. The minimum absolute atomic E-state index is 0.0564. The van der Waals surface area contributed by atoms with Crippen LogP contribution in [-0.4, -0.2) is 74.0 Å². The molecule has 2 unspecified atom stereocenters. The van der Waals surface area contributed by atoms with E-state index in [1.807, 2.05) is 17.0 Å². The van der Waals surface area contributed by atoms with Gasteiger partial charge in [-0.3, -0.25) is 9.69 Å². The van der Waals surface area contributed by atoms with E-state index in [9.17, 15) is 13.2 Å². The molecule has 2 aliphatic heterocycles. The van der Waals surface area contributed by atoms with Gasteiger partial charge in [0, 0.05) is 29.6 Å². The quantitative estimate of drug-likeness (QED) is 0.623. The molecule has 1 aliphatic carbocycles. The van der Waals surface area contributed by atoms with Crippen LogP contribution in [0, 0.1) is 0 Å². The van der Waals surface area contributed by atoms with Gasteiger partial charge in [-0.2, -0.15) is 0 Å². The molecule has 30 heavy (non-hydrogen) atoms. The van der Waals surface area contributed by atoms with Crippen molar-refractivity contribution >= 4 is 31.7 Å². The van der Waals surface area contributed by atoms with Gasteiger partial charge in [-0.15, -0.1) is 0 Å². The molecular formula is C22H31BrN2O4S. The van der Waals surface area contributed by atoms with Crippen LogP contribution in [0.15, 0.2) is 28.7 Å². The Balaban J connectivity index is 1.45. The number of carbonyl (C=O) groups is 1. The Hall–Kier alpha value is -0.960. The van der Waals surface area contributed by atoms with Crippen molar-refractivity contribution in [2.75, 3.05) is 37.7 Å². The van der Waals surface area contributed by atoms with Crippen molar-refractivity contribution in [1.29, 1.82) is 0 Å². The first-order chi connectivity index (χ1) is 14.4. The van der Waals surface area contributed by atoms with Crippen molar-refractivity contribution in [1.82, 2.24) is 9.80 Å². The monoisotopic (exact) mass is 498 g/mol. The highest BCUT2D eigenvalue weighted by Crippen LogP contribution is 2.29. The molecule has 0 spiro atoms. The minimum atomic E-state index is -3.03. The van der Waals surface area contributed by atoms with E-state index in [0.717, 1.165) is 42.3 Å². The lowest BCUT2D eigenvalue weighted by Crippen LogP contribution is -2.53. The SMILES string of the molecule is O=C(CN1CCOC(c2cccc(Br)c2)C1)N(C1CCCCC1)C1CCS(=O)(=O)C1. The van der Waals surface area contributed by atoms with Crippen molar-refractivity contribution in [2.45, 2.75) is 56.7 Å². The van der Waals surface area contributed by atoms with Crippen LogP contribution in [0.2, 0.25) is 0 Å². The normalized spacial score (nSPS) is 27.8. The van der Waals surface area contributed by atoms with E-state index in [1.165, 1.54) is 6.42 Å². The molecule has 2 heterocycles. The van der Waals surface area contributed by atoms with Crippen LogP contribution in [0.3, 0.4) is 0 Å². The molecule has 2 saturated heterocycles. The van der Waals surface area contributed by atoms with E-state index in [-0.39, 0.29) is 35.6 Å². The Morgan fingerprint density at radius 2 is 1.97 bits per heavy atom. The summed E-state index contributed by atoms with van der Waals surface area (Å²) in [6.45, 7) is 2.31. The van der Waals surface area contributed by atoms with Crippen molar-refractivity contribution in [3.05, 3.63) is 34.3 Å².